The van der Waals surface area contributed by atoms with E-state index in [1.807, 2.05) is 0 Å². The molecule has 0 aliphatic heterocycles. The van der Waals surface area contributed by atoms with Gasteiger partial charge in [-0.3, -0.25) is 0 Å². The van der Waals surface area contributed by atoms with Crippen LogP contribution in [0.5, 0.6) is 0 Å². The lowest BCUT2D eigenvalue weighted by atomic mass is 10.1. The van der Waals surface area contributed by atoms with Crippen molar-refractivity contribution in [1.82, 2.24) is 0 Å². The van der Waals surface area contributed by atoms with E-state index in [2.05, 4.69) is 13.8 Å². The third-order valence-corrected chi connectivity index (χ3v) is 1.90. The summed E-state index contributed by atoms with van der Waals surface area (Å²) in [6, 6.07) is 0. The molecule has 0 N–H and O–H groups in total. The van der Waals surface area contributed by atoms with Crippen LogP contribution in [0.3, 0.4) is 0 Å². The Kier molecular flexibility index (Phi) is 8.95. The summed E-state index contributed by atoms with van der Waals surface area (Å²) in [5, 5.41) is 0. The summed E-state index contributed by atoms with van der Waals surface area (Å²) in [7, 11) is 1.70. The third kappa shape index (κ3) is 8.02. The standard InChI is InChI=1S/C10H22O2/c1-4-5-6-7-10(2)12-9-8-11-3/h10H,4-9H2,1-3H3. The predicted molar refractivity (Wildman–Crippen MR) is 51.4 cm³/mol. The Morgan fingerprint density at radius 3 is 2.50 bits per heavy atom. The van der Waals surface area contributed by atoms with Crippen LogP contribution in [-0.4, -0.2) is 26.4 Å². The molecule has 12 heavy (non-hydrogen) atoms. The van der Waals surface area contributed by atoms with E-state index in [0.717, 1.165) is 6.61 Å². The Hall–Kier alpha value is -0.0800. The maximum Gasteiger partial charge on any atom is 0.0703 e. The van der Waals surface area contributed by atoms with E-state index in [1.165, 1.54) is 25.7 Å². The molecule has 1 atom stereocenters. The Morgan fingerprint density at radius 2 is 1.92 bits per heavy atom. The molecule has 1 unspecified atom stereocenters. The average molecular weight is 174 g/mol. The van der Waals surface area contributed by atoms with Crippen LogP contribution in [0.25, 0.3) is 0 Å². The number of ether oxygens (including phenoxy) is 2. The summed E-state index contributed by atoms with van der Waals surface area (Å²) in [4.78, 5) is 0. The average Bonchev–Trinajstić information content (AvgIpc) is 2.06. The van der Waals surface area contributed by atoms with Gasteiger partial charge in [-0.15, -0.1) is 0 Å². The van der Waals surface area contributed by atoms with Crippen LogP contribution < -0.4 is 0 Å². The van der Waals surface area contributed by atoms with Gasteiger partial charge >= 0.3 is 0 Å². The number of rotatable bonds is 8. The zero-order valence-corrected chi connectivity index (χ0v) is 8.64. The molecule has 0 aromatic heterocycles. The first-order valence-corrected chi connectivity index (χ1v) is 4.91. The van der Waals surface area contributed by atoms with Crippen molar-refractivity contribution in [2.75, 3.05) is 20.3 Å². The van der Waals surface area contributed by atoms with Crippen molar-refractivity contribution >= 4 is 0 Å². The zero-order valence-electron chi connectivity index (χ0n) is 8.64. The normalized spacial score (nSPS) is 13.2. The fourth-order valence-electron chi connectivity index (χ4n) is 1.10. The van der Waals surface area contributed by atoms with Crippen LogP contribution in [0.4, 0.5) is 0 Å². The molecule has 2 heteroatoms. The first kappa shape index (κ1) is 11.9. The highest BCUT2D eigenvalue weighted by molar-refractivity contribution is 4.50. The van der Waals surface area contributed by atoms with E-state index in [-0.39, 0.29) is 0 Å². The maximum absolute atomic E-state index is 5.50. The van der Waals surface area contributed by atoms with E-state index in [1.54, 1.807) is 7.11 Å². The third-order valence-electron chi connectivity index (χ3n) is 1.90. The van der Waals surface area contributed by atoms with Gasteiger partial charge in [0.1, 0.15) is 0 Å². The molecule has 2 nitrogen and oxygen atoms in total. The lowest BCUT2D eigenvalue weighted by molar-refractivity contribution is 0.0215. The summed E-state index contributed by atoms with van der Waals surface area (Å²) in [5.41, 5.74) is 0. The summed E-state index contributed by atoms with van der Waals surface area (Å²) < 4.78 is 10.4. The lowest BCUT2D eigenvalue weighted by Gasteiger charge is -2.11. The van der Waals surface area contributed by atoms with Crippen molar-refractivity contribution in [1.29, 1.82) is 0 Å². The Morgan fingerprint density at radius 1 is 1.17 bits per heavy atom. The Balaban J connectivity index is 3.04. The molecule has 74 valence electrons. The number of hydrogen-bond acceptors (Lipinski definition) is 2. The number of hydrogen-bond donors (Lipinski definition) is 0. The molecule has 0 radical (unpaired) electrons. The minimum Gasteiger partial charge on any atom is -0.382 e. The van der Waals surface area contributed by atoms with Crippen LogP contribution in [0.2, 0.25) is 0 Å². The van der Waals surface area contributed by atoms with Crippen LogP contribution in [0.1, 0.15) is 39.5 Å². The lowest BCUT2D eigenvalue weighted by Crippen LogP contribution is -2.12. The van der Waals surface area contributed by atoms with E-state index < -0.39 is 0 Å². The molecule has 0 heterocycles. The molecular weight excluding hydrogens is 152 g/mol. The number of methoxy groups -OCH3 is 1. The van der Waals surface area contributed by atoms with Crippen LogP contribution >= 0.6 is 0 Å². The Bertz CT molecular complexity index is 73.9. The second-order valence-corrected chi connectivity index (χ2v) is 3.17. The summed E-state index contributed by atoms with van der Waals surface area (Å²) in [5.74, 6) is 0. The molecule has 0 fully saturated rings. The zero-order chi connectivity index (χ0) is 9.23. The molecule has 0 amide bonds. The van der Waals surface area contributed by atoms with E-state index in [9.17, 15) is 0 Å². The molecule has 0 bridgehead atoms. The second kappa shape index (κ2) is 9.01. The van der Waals surface area contributed by atoms with Gasteiger partial charge in [-0.1, -0.05) is 26.2 Å². The topological polar surface area (TPSA) is 18.5 Å². The highest BCUT2D eigenvalue weighted by Crippen LogP contribution is 2.05. The SMILES string of the molecule is CCCCCC(C)OCCOC. The first-order chi connectivity index (χ1) is 5.81. The van der Waals surface area contributed by atoms with Gasteiger partial charge in [0.15, 0.2) is 0 Å². The fourth-order valence-corrected chi connectivity index (χ4v) is 1.10. The van der Waals surface area contributed by atoms with Crippen molar-refractivity contribution in [2.24, 2.45) is 0 Å². The van der Waals surface area contributed by atoms with Crippen molar-refractivity contribution < 1.29 is 9.47 Å². The molecular formula is C10H22O2. The first-order valence-electron chi connectivity index (χ1n) is 4.91. The minimum atomic E-state index is 0.395. The van der Waals surface area contributed by atoms with E-state index in [4.69, 9.17) is 9.47 Å². The van der Waals surface area contributed by atoms with Crippen molar-refractivity contribution in [2.45, 2.75) is 45.6 Å². The van der Waals surface area contributed by atoms with E-state index in [0.29, 0.717) is 12.7 Å². The quantitative estimate of drug-likeness (QED) is 0.527. The fraction of sp³-hybridized carbons (Fsp3) is 1.00. The highest BCUT2D eigenvalue weighted by Gasteiger charge is 2.00. The van der Waals surface area contributed by atoms with Gasteiger partial charge in [0.05, 0.1) is 19.3 Å². The van der Waals surface area contributed by atoms with Gasteiger partial charge in [0.2, 0.25) is 0 Å². The minimum absolute atomic E-state index is 0.395. The van der Waals surface area contributed by atoms with Crippen LogP contribution in [0.15, 0.2) is 0 Å². The molecule has 0 aromatic carbocycles. The van der Waals surface area contributed by atoms with Crippen LogP contribution in [0, 0.1) is 0 Å². The van der Waals surface area contributed by atoms with Crippen molar-refractivity contribution in [3.63, 3.8) is 0 Å². The maximum atomic E-state index is 5.50. The largest absolute Gasteiger partial charge is 0.382 e. The predicted octanol–water partition coefficient (Wildman–Crippen LogP) is 2.62. The summed E-state index contributed by atoms with van der Waals surface area (Å²) in [6.07, 6.45) is 5.46. The van der Waals surface area contributed by atoms with Gasteiger partial charge in [-0.25, -0.2) is 0 Å². The van der Waals surface area contributed by atoms with E-state index >= 15 is 0 Å². The molecule has 0 rings (SSSR count). The number of unbranched alkanes of at least 4 members (excludes halogenated alkanes) is 2. The molecule has 0 saturated heterocycles. The molecule has 0 aromatic rings. The van der Waals surface area contributed by atoms with Gasteiger partial charge < -0.3 is 9.47 Å². The van der Waals surface area contributed by atoms with Gasteiger partial charge in [0, 0.05) is 7.11 Å². The van der Waals surface area contributed by atoms with Gasteiger partial charge in [-0.05, 0) is 13.3 Å². The van der Waals surface area contributed by atoms with Crippen molar-refractivity contribution in [3.05, 3.63) is 0 Å². The molecule has 0 aliphatic carbocycles. The molecule has 0 aliphatic rings. The highest BCUT2D eigenvalue weighted by atomic mass is 16.5. The van der Waals surface area contributed by atoms with Gasteiger partial charge in [0.25, 0.3) is 0 Å². The van der Waals surface area contributed by atoms with Gasteiger partial charge in [-0.2, -0.15) is 0 Å². The summed E-state index contributed by atoms with van der Waals surface area (Å²) in [6.45, 7) is 5.78. The monoisotopic (exact) mass is 174 g/mol. The molecule has 0 spiro atoms. The van der Waals surface area contributed by atoms with Crippen molar-refractivity contribution in [3.8, 4) is 0 Å². The van der Waals surface area contributed by atoms with Crippen LogP contribution in [-0.2, 0) is 9.47 Å². The Labute approximate surface area is 76.3 Å². The second-order valence-electron chi connectivity index (χ2n) is 3.17. The summed E-state index contributed by atoms with van der Waals surface area (Å²) >= 11 is 0. The molecule has 0 saturated carbocycles. The smallest absolute Gasteiger partial charge is 0.0703 e.